The molecule has 0 amide bonds. The highest BCUT2D eigenvalue weighted by Crippen LogP contribution is 2.35. The van der Waals surface area contributed by atoms with E-state index in [1.165, 1.54) is 12.1 Å². The smallest absolute Gasteiger partial charge is 0.416 e. The maximum atomic E-state index is 12.7. The van der Waals surface area contributed by atoms with Gasteiger partial charge in [-0.2, -0.15) is 13.2 Å². The Hall–Kier alpha value is -2.99. The first-order valence-corrected chi connectivity index (χ1v) is 8.37. The van der Waals surface area contributed by atoms with Crippen LogP contribution in [0.5, 0.6) is 11.5 Å². The van der Waals surface area contributed by atoms with Gasteiger partial charge in [0, 0.05) is 23.3 Å². The van der Waals surface area contributed by atoms with Crippen molar-refractivity contribution in [2.24, 2.45) is 0 Å². The molecule has 0 aliphatic heterocycles. The molecule has 0 aliphatic carbocycles. The van der Waals surface area contributed by atoms with Gasteiger partial charge < -0.3 is 9.72 Å². The number of alkyl halides is 3. The van der Waals surface area contributed by atoms with Crippen molar-refractivity contribution in [1.82, 2.24) is 9.97 Å². The van der Waals surface area contributed by atoms with Gasteiger partial charge in [0.2, 0.25) is 0 Å². The molecular weight excluding hydrogens is 377 g/mol. The van der Waals surface area contributed by atoms with Crippen molar-refractivity contribution in [1.29, 1.82) is 0 Å². The van der Waals surface area contributed by atoms with Crippen LogP contribution in [0.25, 0.3) is 22.0 Å². The van der Waals surface area contributed by atoms with Gasteiger partial charge >= 0.3 is 6.18 Å². The van der Waals surface area contributed by atoms with Crippen molar-refractivity contribution >= 4 is 22.5 Å². The fourth-order valence-corrected chi connectivity index (χ4v) is 3.10. The summed E-state index contributed by atoms with van der Waals surface area (Å²) in [6.07, 6.45) is -0.925. The second-order valence-corrected chi connectivity index (χ2v) is 6.24. The molecule has 4 aromatic rings. The topological polar surface area (TPSA) is 37.9 Å². The Morgan fingerprint density at radius 2 is 1.74 bits per heavy atom. The summed E-state index contributed by atoms with van der Waals surface area (Å²) < 4.78 is 43.7. The third-order valence-electron chi connectivity index (χ3n) is 4.11. The molecule has 3 nitrogen and oxygen atoms in total. The number of nitrogens with one attached hydrogen (secondary N) is 1. The molecule has 1 N–H and O–H groups in total. The third-order valence-corrected chi connectivity index (χ3v) is 4.40. The average molecular weight is 389 g/mol. The van der Waals surface area contributed by atoms with Crippen molar-refractivity contribution < 1.29 is 17.9 Å². The number of ether oxygens (including phenoxy) is 1. The van der Waals surface area contributed by atoms with Crippen LogP contribution < -0.4 is 4.74 Å². The number of fused-ring (bicyclic) bond motifs is 1. The van der Waals surface area contributed by atoms with Gasteiger partial charge in [-0.05, 0) is 48.0 Å². The molecule has 0 bridgehead atoms. The van der Waals surface area contributed by atoms with Crippen LogP contribution in [0.2, 0.25) is 5.15 Å². The van der Waals surface area contributed by atoms with Gasteiger partial charge in [-0.25, -0.2) is 4.98 Å². The van der Waals surface area contributed by atoms with Crippen LogP contribution in [0.4, 0.5) is 13.2 Å². The van der Waals surface area contributed by atoms with E-state index in [9.17, 15) is 13.2 Å². The zero-order valence-corrected chi connectivity index (χ0v) is 14.5. The number of nitrogens with zero attached hydrogens (tertiary/aromatic N) is 1. The highest BCUT2D eigenvalue weighted by atomic mass is 35.5. The zero-order valence-electron chi connectivity index (χ0n) is 13.7. The van der Waals surface area contributed by atoms with Crippen LogP contribution in [0, 0.1) is 0 Å². The van der Waals surface area contributed by atoms with E-state index in [2.05, 4.69) is 9.97 Å². The zero-order chi connectivity index (χ0) is 19.0. The molecular formula is C20H12ClF3N2O. The van der Waals surface area contributed by atoms with Crippen LogP contribution >= 0.6 is 11.6 Å². The van der Waals surface area contributed by atoms with E-state index in [0.29, 0.717) is 16.7 Å². The molecule has 136 valence electrons. The van der Waals surface area contributed by atoms with Crippen LogP contribution in [0.3, 0.4) is 0 Å². The molecule has 0 saturated carbocycles. The standard InChI is InChI=1S/C20H12ClF3N2O/c21-19-18-16(11-26-17(18)8-9-25-19)12-2-1-3-15(10-12)27-14-6-4-13(5-7-14)20(22,23)24/h1-11,26H. The largest absolute Gasteiger partial charge is 0.457 e. The van der Waals surface area contributed by atoms with Crippen molar-refractivity contribution in [2.75, 3.05) is 0 Å². The normalized spacial score (nSPS) is 11.7. The molecule has 2 aromatic heterocycles. The van der Waals surface area contributed by atoms with E-state index in [0.717, 1.165) is 34.2 Å². The van der Waals surface area contributed by atoms with Crippen LogP contribution in [-0.2, 0) is 6.18 Å². The Morgan fingerprint density at radius 1 is 0.963 bits per heavy atom. The summed E-state index contributed by atoms with van der Waals surface area (Å²) in [5, 5.41) is 1.18. The van der Waals surface area contributed by atoms with Gasteiger partial charge in [-0.1, -0.05) is 23.7 Å². The van der Waals surface area contributed by atoms with E-state index in [-0.39, 0.29) is 0 Å². The van der Waals surface area contributed by atoms with Crippen molar-refractivity contribution in [3.05, 3.63) is 77.7 Å². The fourth-order valence-electron chi connectivity index (χ4n) is 2.84. The molecule has 27 heavy (non-hydrogen) atoms. The molecule has 0 saturated heterocycles. The molecule has 7 heteroatoms. The third kappa shape index (κ3) is 3.48. The summed E-state index contributed by atoms with van der Waals surface area (Å²) >= 11 is 6.22. The van der Waals surface area contributed by atoms with Gasteiger partial charge in [0.1, 0.15) is 16.7 Å². The summed E-state index contributed by atoms with van der Waals surface area (Å²) in [4.78, 5) is 7.25. The number of aromatic nitrogens is 2. The Balaban J connectivity index is 1.65. The van der Waals surface area contributed by atoms with Gasteiger partial charge in [-0.15, -0.1) is 0 Å². The average Bonchev–Trinajstić information content (AvgIpc) is 3.07. The molecule has 2 heterocycles. The minimum Gasteiger partial charge on any atom is -0.457 e. The number of H-pyrrole nitrogens is 1. The molecule has 0 unspecified atom stereocenters. The minimum absolute atomic E-state index is 0.318. The monoisotopic (exact) mass is 388 g/mol. The van der Waals surface area contributed by atoms with E-state index >= 15 is 0 Å². The highest BCUT2D eigenvalue weighted by Gasteiger charge is 2.30. The van der Waals surface area contributed by atoms with Gasteiger partial charge in [0.15, 0.2) is 0 Å². The molecule has 4 rings (SSSR count). The van der Waals surface area contributed by atoms with Crippen LogP contribution in [0.15, 0.2) is 67.0 Å². The first kappa shape index (κ1) is 17.4. The number of rotatable bonds is 3. The van der Waals surface area contributed by atoms with Crippen LogP contribution in [-0.4, -0.2) is 9.97 Å². The Bertz CT molecular complexity index is 1100. The van der Waals surface area contributed by atoms with E-state index in [4.69, 9.17) is 16.3 Å². The van der Waals surface area contributed by atoms with Crippen molar-refractivity contribution in [3.63, 3.8) is 0 Å². The van der Waals surface area contributed by atoms with Gasteiger partial charge in [0.25, 0.3) is 0 Å². The maximum Gasteiger partial charge on any atom is 0.416 e. The minimum atomic E-state index is -4.37. The summed E-state index contributed by atoms with van der Waals surface area (Å²) in [6.45, 7) is 0. The molecule has 0 radical (unpaired) electrons. The van der Waals surface area contributed by atoms with Gasteiger partial charge in [0.05, 0.1) is 11.1 Å². The summed E-state index contributed by atoms with van der Waals surface area (Å²) in [5.41, 5.74) is 1.85. The maximum absolute atomic E-state index is 12.7. The first-order valence-electron chi connectivity index (χ1n) is 7.99. The predicted octanol–water partition coefficient (Wildman–Crippen LogP) is 6.69. The lowest BCUT2D eigenvalue weighted by atomic mass is 10.1. The van der Waals surface area contributed by atoms with E-state index in [1.807, 2.05) is 18.3 Å². The summed E-state index contributed by atoms with van der Waals surface area (Å²) in [5.74, 6) is 0.820. The Morgan fingerprint density at radius 3 is 2.48 bits per heavy atom. The van der Waals surface area contributed by atoms with Crippen molar-refractivity contribution in [2.45, 2.75) is 6.18 Å². The van der Waals surface area contributed by atoms with E-state index < -0.39 is 11.7 Å². The second kappa shape index (κ2) is 6.63. The second-order valence-electron chi connectivity index (χ2n) is 5.88. The Kier molecular flexibility index (Phi) is 4.28. The number of benzene rings is 2. The Labute approximate surface area is 157 Å². The lowest BCUT2D eigenvalue weighted by molar-refractivity contribution is -0.137. The number of pyridine rings is 1. The fraction of sp³-hybridized carbons (Fsp3) is 0.0500. The number of hydrogen-bond acceptors (Lipinski definition) is 2. The lowest BCUT2D eigenvalue weighted by Crippen LogP contribution is -2.03. The number of halogens is 4. The summed E-state index contributed by atoms with van der Waals surface area (Å²) in [6, 6.07) is 13.6. The molecule has 0 fully saturated rings. The highest BCUT2D eigenvalue weighted by molar-refractivity contribution is 6.35. The van der Waals surface area contributed by atoms with Gasteiger partial charge in [-0.3, -0.25) is 0 Å². The van der Waals surface area contributed by atoms with Crippen LogP contribution in [0.1, 0.15) is 5.56 Å². The van der Waals surface area contributed by atoms with E-state index in [1.54, 1.807) is 24.4 Å². The molecule has 0 spiro atoms. The first-order chi connectivity index (χ1) is 12.9. The number of aromatic amines is 1. The predicted molar refractivity (Wildman–Crippen MR) is 98.1 cm³/mol. The summed E-state index contributed by atoms with van der Waals surface area (Å²) in [7, 11) is 0. The SMILES string of the molecule is FC(F)(F)c1ccc(Oc2cccc(-c3c[nH]c4ccnc(Cl)c34)c2)cc1. The molecule has 2 aromatic carbocycles. The quantitative estimate of drug-likeness (QED) is 0.397. The molecule has 0 atom stereocenters. The lowest BCUT2D eigenvalue weighted by Gasteiger charge is -2.10. The molecule has 0 aliphatic rings. The number of hydrogen-bond donors (Lipinski definition) is 1. The van der Waals surface area contributed by atoms with Crippen molar-refractivity contribution in [3.8, 4) is 22.6 Å².